The molecular formula is C11H20O. The molecule has 0 amide bonds. The summed E-state index contributed by atoms with van der Waals surface area (Å²) in [6, 6.07) is 0. The number of hydrogen-bond donors (Lipinski definition) is 1. The summed E-state index contributed by atoms with van der Waals surface area (Å²) in [5.74, 6) is 1.80. The van der Waals surface area contributed by atoms with Crippen LogP contribution >= 0.6 is 0 Å². The lowest BCUT2D eigenvalue weighted by Crippen LogP contribution is -2.26. The van der Waals surface area contributed by atoms with Crippen LogP contribution in [0.15, 0.2) is 11.6 Å². The molecule has 0 saturated carbocycles. The van der Waals surface area contributed by atoms with Gasteiger partial charge < -0.3 is 5.11 Å². The molecule has 4 unspecified atom stereocenters. The molecule has 0 aliphatic heterocycles. The van der Waals surface area contributed by atoms with E-state index in [9.17, 15) is 5.11 Å². The minimum absolute atomic E-state index is 0.184. The molecule has 1 N–H and O–H groups in total. The predicted molar refractivity (Wildman–Crippen MR) is 51.9 cm³/mol. The summed E-state index contributed by atoms with van der Waals surface area (Å²) < 4.78 is 0. The Labute approximate surface area is 75.5 Å². The molecule has 70 valence electrons. The summed E-state index contributed by atoms with van der Waals surface area (Å²) in [7, 11) is 0. The van der Waals surface area contributed by atoms with E-state index in [0.29, 0.717) is 17.8 Å². The standard InChI is InChI=1S/C11H20O/c1-7-5-9(3)11(10(4)12)6-8(7)2/h5,7-8,10-12H,6H2,1-4H3. The Morgan fingerprint density at radius 1 is 1.50 bits per heavy atom. The molecule has 1 rings (SSSR count). The van der Waals surface area contributed by atoms with Crippen molar-refractivity contribution < 1.29 is 5.11 Å². The number of aliphatic hydroxyl groups excluding tert-OH is 1. The van der Waals surface area contributed by atoms with Gasteiger partial charge in [-0.05, 0) is 32.1 Å². The Morgan fingerprint density at radius 3 is 2.58 bits per heavy atom. The van der Waals surface area contributed by atoms with Crippen molar-refractivity contribution in [3.63, 3.8) is 0 Å². The van der Waals surface area contributed by atoms with E-state index >= 15 is 0 Å². The summed E-state index contributed by atoms with van der Waals surface area (Å²) in [6.07, 6.45) is 3.27. The Bertz CT molecular complexity index is 181. The molecule has 0 aromatic heterocycles. The van der Waals surface area contributed by atoms with Gasteiger partial charge in [0.05, 0.1) is 6.10 Å². The quantitative estimate of drug-likeness (QED) is 0.597. The van der Waals surface area contributed by atoms with Gasteiger partial charge in [0.1, 0.15) is 0 Å². The molecule has 0 aromatic carbocycles. The van der Waals surface area contributed by atoms with Crippen LogP contribution in [0, 0.1) is 17.8 Å². The monoisotopic (exact) mass is 168 g/mol. The first-order valence-electron chi connectivity index (χ1n) is 4.88. The van der Waals surface area contributed by atoms with E-state index in [0.717, 1.165) is 6.42 Å². The molecule has 1 aliphatic rings. The van der Waals surface area contributed by atoms with E-state index in [4.69, 9.17) is 0 Å². The van der Waals surface area contributed by atoms with Crippen molar-refractivity contribution in [2.24, 2.45) is 17.8 Å². The smallest absolute Gasteiger partial charge is 0.0577 e. The van der Waals surface area contributed by atoms with Gasteiger partial charge in [-0.1, -0.05) is 25.5 Å². The minimum Gasteiger partial charge on any atom is -0.393 e. The van der Waals surface area contributed by atoms with E-state index in [1.807, 2.05) is 6.92 Å². The molecule has 12 heavy (non-hydrogen) atoms. The Balaban J connectivity index is 2.74. The third kappa shape index (κ3) is 1.89. The van der Waals surface area contributed by atoms with Crippen LogP contribution in [0.2, 0.25) is 0 Å². The largest absolute Gasteiger partial charge is 0.393 e. The molecule has 0 heterocycles. The predicted octanol–water partition coefficient (Wildman–Crippen LogP) is 2.61. The summed E-state index contributed by atoms with van der Waals surface area (Å²) in [5.41, 5.74) is 1.37. The molecule has 0 fully saturated rings. The zero-order valence-corrected chi connectivity index (χ0v) is 8.54. The van der Waals surface area contributed by atoms with Gasteiger partial charge in [-0.2, -0.15) is 0 Å². The second kappa shape index (κ2) is 3.61. The summed E-state index contributed by atoms with van der Waals surface area (Å²) in [4.78, 5) is 0. The molecule has 1 aliphatic carbocycles. The summed E-state index contributed by atoms with van der Waals surface area (Å²) in [6.45, 7) is 8.56. The normalized spacial score (nSPS) is 39.1. The lowest BCUT2D eigenvalue weighted by Gasteiger charge is -2.32. The van der Waals surface area contributed by atoms with Gasteiger partial charge in [-0.3, -0.25) is 0 Å². The maximum absolute atomic E-state index is 9.51. The van der Waals surface area contributed by atoms with E-state index in [2.05, 4.69) is 26.8 Å². The summed E-state index contributed by atoms with van der Waals surface area (Å²) >= 11 is 0. The molecule has 0 aromatic rings. The van der Waals surface area contributed by atoms with Crippen LogP contribution < -0.4 is 0 Å². The highest BCUT2D eigenvalue weighted by atomic mass is 16.3. The molecule has 0 spiro atoms. The number of aliphatic hydroxyl groups is 1. The van der Waals surface area contributed by atoms with E-state index in [1.54, 1.807) is 0 Å². The first-order chi connectivity index (χ1) is 5.52. The van der Waals surface area contributed by atoms with Crippen LogP contribution in [-0.4, -0.2) is 11.2 Å². The minimum atomic E-state index is -0.184. The molecule has 1 nitrogen and oxygen atoms in total. The fraction of sp³-hybridized carbons (Fsp3) is 0.818. The van der Waals surface area contributed by atoms with Crippen LogP contribution in [0.4, 0.5) is 0 Å². The maximum atomic E-state index is 9.51. The number of allylic oxidation sites excluding steroid dienone is 1. The van der Waals surface area contributed by atoms with Crippen molar-refractivity contribution in [1.29, 1.82) is 0 Å². The lowest BCUT2D eigenvalue weighted by atomic mass is 9.75. The van der Waals surface area contributed by atoms with Gasteiger partial charge in [0.2, 0.25) is 0 Å². The highest BCUT2D eigenvalue weighted by Gasteiger charge is 2.26. The maximum Gasteiger partial charge on any atom is 0.0577 e. The van der Waals surface area contributed by atoms with E-state index in [1.165, 1.54) is 5.57 Å². The first-order valence-corrected chi connectivity index (χ1v) is 4.88. The van der Waals surface area contributed by atoms with Crippen LogP contribution in [-0.2, 0) is 0 Å². The van der Waals surface area contributed by atoms with Gasteiger partial charge in [0, 0.05) is 5.92 Å². The first kappa shape index (κ1) is 9.79. The average molecular weight is 168 g/mol. The third-order valence-corrected chi connectivity index (χ3v) is 3.22. The Kier molecular flexibility index (Phi) is 2.94. The van der Waals surface area contributed by atoms with Crippen LogP contribution in [0.1, 0.15) is 34.1 Å². The topological polar surface area (TPSA) is 20.2 Å². The van der Waals surface area contributed by atoms with Gasteiger partial charge >= 0.3 is 0 Å². The van der Waals surface area contributed by atoms with Crippen molar-refractivity contribution in [2.45, 2.75) is 40.2 Å². The van der Waals surface area contributed by atoms with Crippen molar-refractivity contribution >= 4 is 0 Å². The Hall–Kier alpha value is -0.300. The average Bonchev–Trinajstić information content (AvgIpc) is 1.96. The van der Waals surface area contributed by atoms with E-state index in [-0.39, 0.29) is 6.10 Å². The highest BCUT2D eigenvalue weighted by Crippen LogP contribution is 2.34. The highest BCUT2D eigenvalue weighted by molar-refractivity contribution is 5.11. The van der Waals surface area contributed by atoms with Gasteiger partial charge in [0.25, 0.3) is 0 Å². The molecule has 0 bridgehead atoms. The molecular weight excluding hydrogens is 148 g/mol. The van der Waals surface area contributed by atoms with E-state index < -0.39 is 0 Å². The Morgan fingerprint density at radius 2 is 2.08 bits per heavy atom. The van der Waals surface area contributed by atoms with Crippen LogP contribution in [0.25, 0.3) is 0 Å². The zero-order valence-electron chi connectivity index (χ0n) is 8.54. The van der Waals surface area contributed by atoms with Crippen molar-refractivity contribution in [1.82, 2.24) is 0 Å². The second-order valence-electron chi connectivity index (χ2n) is 4.33. The van der Waals surface area contributed by atoms with Gasteiger partial charge in [0.15, 0.2) is 0 Å². The number of hydrogen-bond acceptors (Lipinski definition) is 1. The molecule has 0 radical (unpaired) electrons. The van der Waals surface area contributed by atoms with Gasteiger partial charge in [-0.15, -0.1) is 0 Å². The van der Waals surface area contributed by atoms with Crippen molar-refractivity contribution in [3.05, 3.63) is 11.6 Å². The third-order valence-electron chi connectivity index (χ3n) is 3.22. The summed E-state index contributed by atoms with van der Waals surface area (Å²) in [5, 5.41) is 9.51. The fourth-order valence-corrected chi connectivity index (χ4v) is 2.08. The molecule has 0 saturated heterocycles. The SMILES string of the molecule is CC1=CC(C)C(C)CC1C(C)O. The lowest BCUT2D eigenvalue weighted by molar-refractivity contribution is 0.118. The van der Waals surface area contributed by atoms with Crippen LogP contribution in [0.3, 0.4) is 0 Å². The zero-order chi connectivity index (χ0) is 9.30. The van der Waals surface area contributed by atoms with Crippen molar-refractivity contribution in [3.8, 4) is 0 Å². The molecule has 1 heteroatoms. The van der Waals surface area contributed by atoms with Gasteiger partial charge in [-0.25, -0.2) is 0 Å². The van der Waals surface area contributed by atoms with Crippen LogP contribution in [0.5, 0.6) is 0 Å². The number of rotatable bonds is 1. The second-order valence-corrected chi connectivity index (χ2v) is 4.33. The van der Waals surface area contributed by atoms with Crippen molar-refractivity contribution in [2.75, 3.05) is 0 Å². The fourth-order valence-electron chi connectivity index (χ4n) is 2.08. The molecule has 4 atom stereocenters.